The molecule has 11 heteroatoms. The van der Waals surface area contributed by atoms with Crippen LogP contribution in [0.2, 0.25) is 0 Å². The molecular weight excluding hydrogens is 494 g/mol. The lowest BCUT2D eigenvalue weighted by molar-refractivity contribution is -0.121. The number of carbonyl (C=O) groups is 2. The minimum Gasteiger partial charge on any atom is -0.379 e. The number of hydrogen-bond acceptors (Lipinski definition) is 8. The van der Waals surface area contributed by atoms with E-state index in [0.29, 0.717) is 32.8 Å². The predicted molar refractivity (Wildman–Crippen MR) is 134 cm³/mol. The quantitative estimate of drug-likeness (QED) is 0.478. The molecule has 0 aliphatic carbocycles. The second kappa shape index (κ2) is 12.7. The van der Waals surface area contributed by atoms with Crippen LogP contribution in [0.5, 0.6) is 0 Å². The smallest absolute Gasteiger partial charge is 0.243 e. The number of amides is 1. The number of ether oxygens (including phenoxy) is 1. The number of morpholine rings is 1. The normalized spacial score (nSPS) is 15.8. The van der Waals surface area contributed by atoms with Crippen molar-refractivity contribution in [3.8, 4) is 0 Å². The fraction of sp³-hybridized carbons (Fsp3) is 0.391. The first kappa shape index (κ1) is 26.7. The Hall–Kier alpha value is -1.89. The zero-order valence-electron chi connectivity index (χ0n) is 19.0. The third-order valence-electron chi connectivity index (χ3n) is 5.27. The fourth-order valence-electron chi connectivity index (χ4n) is 3.45. The SMILES string of the molecule is CC(=O)SC[C@@H](C(N)=O)N(CCN1CCOCC1)S(=O)(=O)c1ccc(Sc2ccccc2)cc1. The summed E-state index contributed by atoms with van der Waals surface area (Å²) in [5.41, 5.74) is 5.61. The number of primary amides is 1. The molecule has 1 aliphatic heterocycles. The van der Waals surface area contributed by atoms with Crippen molar-refractivity contribution in [1.82, 2.24) is 9.21 Å². The van der Waals surface area contributed by atoms with E-state index < -0.39 is 22.0 Å². The molecular formula is C23H29N3O5S3. The van der Waals surface area contributed by atoms with E-state index in [0.717, 1.165) is 25.9 Å². The fourth-order valence-corrected chi connectivity index (χ4v) is 6.71. The highest BCUT2D eigenvalue weighted by Gasteiger charge is 2.35. The Morgan fingerprint density at radius 3 is 2.26 bits per heavy atom. The van der Waals surface area contributed by atoms with Crippen LogP contribution in [0.15, 0.2) is 69.3 Å². The van der Waals surface area contributed by atoms with Crippen molar-refractivity contribution in [2.75, 3.05) is 45.1 Å². The van der Waals surface area contributed by atoms with Gasteiger partial charge in [-0.05, 0) is 36.4 Å². The van der Waals surface area contributed by atoms with Gasteiger partial charge in [0.25, 0.3) is 0 Å². The number of carbonyl (C=O) groups excluding carboxylic acids is 2. The lowest BCUT2D eigenvalue weighted by atomic mass is 10.3. The van der Waals surface area contributed by atoms with E-state index in [4.69, 9.17) is 10.5 Å². The molecule has 3 rings (SSSR count). The van der Waals surface area contributed by atoms with Crippen LogP contribution in [0.4, 0.5) is 0 Å². The number of sulfonamides is 1. The van der Waals surface area contributed by atoms with Crippen LogP contribution in [0.3, 0.4) is 0 Å². The van der Waals surface area contributed by atoms with Gasteiger partial charge in [-0.15, -0.1) is 0 Å². The first-order valence-electron chi connectivity index (χ1n) is 10.8. The molecule has 0 spiro atoms. The molecule has 0 unspecified atom stereocenters. The molecule has 1 fully saturated rings. The van der Waals surface area contributed by atoms with Gasteiger partial charge in [-0.3, -0.25) is 14.5 Å². The molecule has 184 valence electrons. The van der Waals surface area contributed by atoms with Crippen LogP contribution in [0, 0.1) is 0 Å². The molecule has 0 radical (unpaired) electrons. The van der Waals surface area contributed by atoms with Gasteiger partial charge in [0.15, 0.2) is 5.12 Å². The van der Waals surface area contributed by atoms with Crippen LogP contribution >= 0.6 is 23.5 Å². The molecule has 2 N–H and O–H groups in total. The number of rotatable bonds is 11. The van der Waals surface area contributed by atoms with E-state index in [1.54, 1.807) is 24.3 Å². The summed E-state index contributed by atoms with van der Waals surface area (Å²) >= 11 is 2.41. The van der Waals surface area contributed by atoms with E-state index in [9.17, 15) is 18.0 Å². The Morgan fingerprint density at radius 1 is 1.06 bits per heavy atom. The highest BCUT2D eigenvalue weighted by Crippen LogP contribution is 2.29. The average molecular weight is 524 g/mol. The van der Waals surface area contributed by atoms with E-state index in [1.807, 2.05) is 30.3 Å². The van der Waals surface area contributed by atoms with Crippen molar-refractivity contribution in [3.63, 3.8) is 0 Å². The highest BCUT2D eigenvalue weighted by atomic mass is 32.2. The first-order chi connectivity index (χ1) is 16.3. The van der Waals surface area contributed by atoms with Gasteiger partial charge < -0.3 is 10.5 Å². The number of thioether (sulfide) groups is 1. The number of benzene rings is 2. The Kier molecular flexibility index (Phi) is 9.98. The molecule has 34 heavy (non-hydrogen) atoms. The number of nitrogens with zero attached hydrogens (tertiary/aromatic N) is 2. The number of nitrogens with two attached hydrogens (primary N) is 1. The zero-order valence-corrected chi connectivity index (χ0v) is 21.4. The van der Waals surface area contributed by atoms with E-state index in [2.05, 4.69) is 4.90 Å². The number of hydrogen-bond donors (Lipinski definition) is 1. The third-order valence-corrected chi connectivity index (χ3v) is 9.10. The van der Waals surface area contributed by atoms with Crippen molar-refractivity contribution in [3.05, 3.63) is 54.6 Å². The summed E-state index contributed by atoms with van der Waals surface area (Å²) in [5.74, 6) is -0.815. The Labute approximate surface area is 209 Å². The van der Waals surface area contributed by atoms with Gasteiger partial charge in [0.1, 0.15) is 6.04 Å². The van der Waals surface area contributed by atoms with Crippen molar-refractivity contribution in [1.29, 1.82) is 0 Å². The summed E-state index contributed by atoms with van der Waals surface area (Å²) in [7, 11) is -4.04. The molecule has 1 amide bonds. The molecule has 1 atom stereocenters. The highest BCUT2D eigenvalue weighted by molar-refractivity contribution is 8.13. The summed E-state index contributed by atoms with van der Waals surface area (Å²) < 4.78 is 33.8. The maximum atomic E-state index is 13.6. The Morgan fingerprint density at radius 2 is 1.68 bits per heavy atom. The van der Waals surface area contributed by atoms with Crippen molar-refractivity contribution in [2.45, 2.75) is 27.7 Å². The maximum absolute atomic E-state index is 13.6. The molecule has 0 aromatic heterocycles. The average Bonchev–Trinajstić information content (AvgIpc) is 2.82. The molecule has 0 saturated carbocycles. The molecule has 0 bridgehead atoms. The van der Waals surface area contributed by atoms with Crippen LogP contribution < -0.4 is 5.73 Å². The zero-order chi connectivity index (χ0) is 24.6. The second-order valence-corrected chi connectivity index (χ2v) is 11.9. The van der Waals surface area contributed by atoms with Gasteiger partial charge in [0.2, 0.25) is 15.9 Å². The lowest BCUT2D eigenvalue weighted by Gasteiger charge is -2.32. The monoisotopic (exact) mass is 523 g/mol. The van der Waals surface area contributed by atoms with E-state index in [-0.39, 0.29) is 22.3 Å². The summed E-state index contributed by atoms with van der Waals surface area (Å²) in [6.45, 7) is 4.40. The minimum atomic E-state index is -4.04. The molecule has 1 aliphatic rings. The van der Waals surface area contributed by atoms with Crippen molar-refractivity contribution >= 4 is 44.6 Å². The summed E-state index contributed by atoms with van der Waals surface area (Å²) in [5, 5.41) is -0.209. The predicted octanol–water partition coefficient (Wildman–Crippen LogP) is 2.29. The second-order valence-electron chi connectivity index (χ2n) is 7.68. The Bertz CT molecular complexity index is 1060. The van der Waals surface area contributed by atoms with Crippen molar-refractivity contribution in [2.24, 2.45) is 5.73 Å². The van der Waals surface area contributed by atoms with Gasteiger partial charge in [0, 0.05) is 48.6 Å². The standard InChI is InChI=1S/C23H29N3O5S3/c1-18(27)32-17-22(23(24)28)26(12-11-25-13-15-31-16-14-25)34(29,30)21-9-7-20(8-10-21)33-19-5-3-2-4-6-19/h2-10,22H,11-17H2,1H3,(H2,24,28)/t22-/m0/s1. The lowest BCUT2D eigenvalue weighted by Crippen LogP contribution is -2.52. The maximum Gasteiger partial charge on any atom is 0.243 e. The third kappa shape index (κ3) is 7.56. The van der Waals surface area contributed by atoms with Gasteiger partial charge in [-0.2, -0.15) is 4.31 Å². The topological polar surface area (TPSA) is 110 Å². The minimum absolute atomic E-state index is 0.0328. The van der Waals surface area contributed by atoms with Crippen LogP contribution in [0.1, 0.15) is 6.92 Å². The molecule has 1 heterocycles. The van der Waals surface area contributed by atoms with Gasteiger partial charge in [0.05, 0.1) is 18.1 Å². The van der Waals surface area contributed by atoms with Crippen LogP contribution in [0.25, 0.3) is 0 Å². The van der Waals surface area contributed by atoms with Gasteiger partial charge in [-0.1, -0.05) is 41.7 Å². The first-order valence-corrected chi connectivity index (χ1v) is 14.1. The van der Waals surface area contributed by atoms with Gasteiger partial charge in [-0.25, -0.2) is 8.42 Å². The molecule has 1 saturated heterocycles. The van der Waals surface area contributed by atoms with E-state index in [1.165, 1.54) is 18.7 Å². The molecule has 8 nitrogen and oxygen atoms in total. The van der Waals surface area contributed by atoms with Gasteiger partial charge >= 0.3 is 0 Å². The molecule has 2 aromatic rings. The Balaban J connectivity index is 1.83. The van der Waals surface area contributed by atoms with Crippen LogP contribution in [-0.2, 0) is 24.3 Å². The largest absolute Gasteiger partial charge is 0.379 e. The van der Waals surface area contributed by atoms with Crippen molar-refractivity contribution < 1.29 is 22.7 Å². The summed E-state index contributed by atoms with van der Waals surface area (Å²) in [6.07, 6.45) is 0. The van der Waals surface area contributed by atoms with Crippen LogP contribution in [-0.4, -0.2) is 79.8 Å². The van der Waals surface area contributed by atoms with E-state index >= 15 is 0 Å². The summed E-state index contributed by atoms with van der Waals surface area (Å²) in [6, 6.07) is 15.2. The molecule has 2 aromatic carbocycles. The summed E-state index contributed by atoms with van der Waals surface area (Å²) in [4.78, 5) is 27.9.